The van der Waals surface area contributed by atoms with Crippen LogP contribution in [0.1, 0.15) is 43.5 Å². The van der Waals surface area contributed by atoms with Gasteiger partial charge in [0.25, 0.3) is 5.91 Å². The van der Waals surface area contributed by atoms with Crippen LogP contribution < -0.4 is 0 Å². The Balaban J connectivity index is 1.84. The quantitative estimate of drug-likeness (QED) is 0.729. The predicted octanol–water partition coefficient (Wildman–Crippen LogP) is 1.76. The minimum Gasteiger partial charge on any atom is -0.335 e. The van der Waals surface area contributed by atoms with Crippen molar-refractivity contribution in [1.29, 1.82) is 0 Å². The van der Waals surface area contributed by atoms with Crippen molar-refractivity contribution in [2.24, 2.45) is 5.92 Å². The maximum absolute atomic E-state index is 13.0. The van der Waals surface area contributed by atoms with E-state index in [0.29, 0.717) is 25.4 Å². The van der Waals surface area contributed by atoms with Crippen molar-refractivity contribution in [1.82, 2.24) is 9.21 Å². The first-order valence-electron chi connectivity index (χ1n) is 9.53. The zero-order valence-electron chi connectivity index (χ0n) is 16.6. The molecule has 9 heteroatoms. The molecule has 0 radical (unpaired) electrons. The van der Waals surface area contributed by atoms with Gasteiger partial charge in [0.05, 0.1) is 21.9 Å². The number of hydrogen-bond donors (Lipinski definition) is 0. The molecule has 0 unspecified atom stereocenters. The van der Waals surface area contributed by atoms with Crippen LogP contribution in [0.15, 0.2) is 29.2 Å². The van der Waals surface area contributed by atoms with E-state index in [0.717, 1.165) is 12.8 Å². The van der Waals surface area contributed by atoms with Crippen molar-refractivity contribution < 1.29 is 21.6 Å². The zero-order chi connectivity index (χ0) is 20.7. The van der Waals surface area contributed by atoms with E-state index in [9.17, 15) is 21.6 Å². The average Bonchev–Trinajstić information content (AvgIpc) is 2.95. The Morgan fingerprint density at radius 3 is 2.46 bits per heavy atom. The first-order chi connectivity index (χ1) is 12.9. The molecule has 1 atom stereocenters. The van der Waals surface area contributed by atoms with Crippen LogP contribution in [0, 0.1) is 5.92 Å². The van der Waals surface area contributed by atoms with E-state index < -0.39 is 25.4 Å². The highest BCUT2D eigenvalue weighted by Gasteiger charge is 2.43. The molecule has 0 aromatic heterocycles. The molecule has 28 heavy (non-hydrogen) atoms. The second-order valence-corrected chi connectivity index (χ2v) is 12.4. The SMILES string of the molecule is CC1CCN(S(=O)(=O)c2cccc(C(=O)N(C)[C@]3(C)CCS(=O)(=O)C3)c2)CC1. The van der Waals surface area contributed by atoms with Crippen LogP contribution >= 0.6 is 0 Å². The fourth-order valence-corrected chi connectivity index (χ4v) is 7.56. The van der Waals surface area contributed by atoms with Gasteiger partial charge in [0.1, 0.15) is 0 Å². The predicted molar refractivity (Wildman–Crippen MR) is 107 cm³/mol. The molecule has 3 rings (SSSR count). The average molecular weight is 429 g/mol. The molecule has 1 aromatic rings. The lowest BCUT2D eigenvalue weighted by atomic mass is 9.99. The third-order valence-corrected chi connectivity index (χ3v) is 9.84. The lowest BCUT2D eigenvalue weighted by Gasteiger charge is -2.34. The Hall–Kier alpha value is -1.45. The van der Waals surface area contributed by atoms with E-state index in [1.807, 2.05) is 0 Å². The number of sulfonamides is 1. The topological polar surface area (TPSA) is 91.8 Å². The number of piperidine rings is 1. The number of amides is 1. The largest absolute Gasteiger partial charge is 0.335 e. The Labute approximate surface area is 167 Å². The fourth-order valence-electron chi connectivity index (χ4n) is 3.86. The summed E-state index contributed by atoms with van der Waals surface area (Å²) in [4.78, 5) is 14.5. The van der Waals surface area contributed by atoms with Gasteiger partial charge in [-0.2, -0.15) is 4.31 Å². The van der Waals surface area contributed by atoms with Crippen LogP contribution in [-0.4, -0.2) is 69.1 Å². The second-order valence-electron chi connectivity index (χ2n) is 8.32. The second kappa shape index (κ2) is 7.42. The van der Waals surface area contributed by atoms with E-state index in [1.165, 1.54) is 21.3 Å². The molecule has 2 fully saturated rings. The Morgan fingerprint density at radius 1 is 1.25 bits per heavy atom. The van der Waals surface area contributed by atoms with Gasteiger partial charge in [0.15, 0.2) is 9.84 Å². The summed E-state index contributed by atoms with van der Waals surface area (Å²) in [5.41, 5.74) is -0.534. The summed E-state index contributed by atoms with van der Waals surface area (Å²) >= 11 is 0. The fraction of sp³-hybridized carbons (Fsp3) is 0.632. The maximum Gasteiger partial charge on any atom is 0.254 e. The lowest BCUT2D eigenvalue weighted by molar-refractivity contribution is 0.0638. The Morgan fingerprint density at radius 2 is 1.89 bits per heavy atom. The van der Waals surface area contributed by atoms with Crippen LogP contribution in [-0.2, 0) is 19.9 Å². The van der Waals surface area contributed by atoms with Gasteiger partial charge < -0.3 is 4.90 Å². The third kappa shape index (κ3) is 4.11. The molecule has 1 amide bonds. The smallest absolute Gasteiger partial charge is 0.254 e. The van der Waals surface area contributed by atoms with Crippen molar-refractivity contribution in [3.63, 3.8) is 0 Å². The number of carbonyl (C=O) groups excluding carboxylic acids is 1. The number of rotatable bonds is 4. The Kier molecular flexibility index (Phi) is 5.64. The molecule has 2 aliphatic rings. The molecule has 0 saturated carbocycles. The highest BCUT2D eigenvalue weighted by atomic mass is 32.2. The van der Waals surface area contributed by atoms with Gasteiger partial charge in [-0.05, 0) is 50.3 Å². The summed E-state index contributed by atoms with van der Waals surface area (Å²) in [5.74, 6) is 0.120. The normalized spacial score (nSPS) is 26.2. The molecule has 0 bridgehead atoms. The van der Waals surface area contributed by atoms with E-state index in [2.05, 4.69) is 6.92 Å². The van der Waals surface area contributed by atoms with Crippen LogP contribution in [0.5, 0.6) is 0 Å². The van der Waals surface area contributed by atoms with Crippen LogP contribution in [0.25, 0.3) is 0 Å². The molecule has 0 spiro atoms. The standard InChI is InChI=1S/C19H28N2O5S2/c1-15-7-10-21(11-8-15)28(25,26)17-6-4-5-16(13-17)18(22)20(3)19(2)9-12-27(23,24)14-19/h4-6,13,15H,7-12,14H2,1-3H3/t19-/m1/s1. The summed E-state index contributed by atoms with van der Waals surface area (Å²) in [6, 6.07) is 6.04. The maximum atomic E-state index is 13.0. The third-order valence-electron chi connectivity index (χ3n) is 6.06. The highest BCUT2D eigenvalue weighted by molar-refractivity contribution is 7.91. The van der Waals surface area contributed by atoms with Gasteiger partial charge >= 0.3 is 0 Å². The van der Waals surface area contributed by atoms with E-state index in [1.54, 1.807) is 26.1 Å². The summed E-state index contributed by atoms with van der Waals surface area (Å²) < 4.78 is 51.1. The molecule has 1 aromatic carbocycles. The Bertz CT molecular complexity index is 966. The van der Waals surface area contributed by atoms with E-state index >= 15 is 0 Å². The van der Waals surface area contributed by atoms with Gasteiger partial charge in [-0.3, -0.25) is 4.79 Å². The molecule has 156 valence electrons. The van der Waals surface area contributed by atoms with E-state index in [-0.39, 0.29) is 27.9 Å². The lowest BCUT2D eigenvalue weighted by Crippen LogP contribution is -2.48. The van der Waals surface area contributed by atoms with Gasteiger partial charge in [-0.25, -0.2) is 16.8 Å². The molecule has 2 saturated heterocycles. The molecular weight excluding hydrogens is 400 g/mol. The van der Waals surface area contributed by atoms with Gasteiger partial charge in [-0.15, -0.1) is 0 Å². The number of benzene rings is 1. The minimum absolute atomic E-state index is 0.0585. The zero-order valence-corrected chi connectivity index (χ0v) is 18.2. The number of sulfone groups is 1. The summed E-state index contributed by atoms with van der Waals surface area (Å²) in [5, 5.41) is 0. The first kappa shape index (κ1) is 21.3. The number of nitrogens with zero attached hydrogens (tertiary/aromatic N) is 2. The molecule has 0 aliphatic carbocycles. The van der Waals surface area contributed by atoms with Gasteiger partial charge in [0, 0.05) is 25.7 Å². The molecule has 2 heterocycles. The number of hydrogen-bond acceptors (Lipinski definition) is 5. The summed E-state index contributed by atoms with van der Waals surface area (Å²) in [6.45, 7) is 4.84. The van der Waals surface area contributed by atoms with Crippen LogP contribution in [0.4, 0.5) is 0 Å². The van der Waals surface area contributed by atoms with Crippen molar-refractivity contribution in [2.75, 3.05) is 31.6 Å². The van der Waals surface area contributed by atoms with E-state index in [4.69, 9.17) is 0 Å². The van der Waals surface area contributed by atoms with Crippen molar-refractivity contribution >= 4 is 25.8 Å². The highest BCUT2D eigenvalue weighted by Crippen LogP contribution is 2.30. The molecule has 7 nitrogen and oxygen atoms in total. The van der Waals surface area contributed by atoms with Crippen LogP contribution in [0.2, 0.25) is 0 Å². The van der Waals surface area contributed by atoms with Gasteiger partial charge in [0.2, 0.25) is 10.0 Å². The number of carbonyl (C=O) groups is 1. The van der Waals surface area contributed by atoms with Crippen LogP contribution in [0.3, 0.4) is 0 Å². The van der Waals surface area contributed by atoms with Crippen molar-refractivity contribution in [3.8, 4) is 0 Å². The van der Waals surface area contributed by atoms with Gasteiger partial charge in [-0.1, -0.05) is 13.0 Å². The summed E-state index contributed by atoms with van der Waals surface area (Å²) in [6.07, 6.45) is 2.03. The molecule has 2 aliphatic heterocycles. The molecule has 0 N–H and O–H groups in total. The minimum atomic E-state index is -3.65. The monoisotopic (exact) mass is 428 g/mol. The summed E-state index contributed by atoms with van der Waals surface area (Å²) in [7, 11) is -5.24. The first-order valence-corrected chi connectivity index (χ1v) is 12.8. The van der Waals surface area contributed by atoms with Crippen molar-refractivity contribution in [2.45, 2.75) is 43.5 Å². The van der Waals surface area contributed by atoms with Crippen molar-refractivity contribution in [3.05, 3.63) is 29.8 Å². The molecular formula is C19H28N2O5S2.